The van der Waals surface area contributed by atoms with Crippen molar-refractivity contribution < 1.29 is 36.6 Å². The van der Waals surface area contributed by atoms with Crippen LogP contribution in [-0.2, 0) is 10.4 Å². The minimum atomic E-state index is -5.36. The Balaban J connectivity index is 1.55. The van der Waals surface area contributed by atoms with Crippen LogP contribution in [0.1, 0.15) is 12.0 Å². The van der Waals surface area contributed by atoms with Crippen molar-refractivity contribution in [3.05, 3.63) is 53.8 Å². The van der Waals surface area contributed by atoms with Crippen LogP contribution in [0.25, 0.3) is 10.2 Å². The molecule has 0 bridgehead atoms. The van der Waals surface area contributed by atoms with Crippen LogP contribution < -0.4 is 16.0 Å². The largest absolute Gasteiger partial charge is 0.430 e. The molecular weight excluding hydrogens is 483 g/mol. The number of nitrogens with one attached hydrogen (secondary N) is 3. The number of anilines is 2. The van der Waals surface area contributed by atoms with Crippen LogP contribution in [0.2, 0.25) is 0 Å². The number of aromatic nitrogens is 1. The maximum atomic E-state index is 13.8. The molecule has 180 valence electrons. The maximum Gasteiger partial charge on any atom is 0.430 e. The van der Waals surface area contributed by atoms with Gasteiger partial charge in [0.15, 0.2) is 5.13 Å². The predicted octanol–water partition coefficient (Wildman–Crippen LogP) is 4.30. The first-order valence-electron chi connectivity index (χ1n) is 9.92. The van der Waals surface area contributed by atoms with E-state index in [1.807, 2.05) is 0 Å². The van der Waals surface area contributed by atoms with Gasteiger partial charge in [-0.1, -0.05) is 17.4 Å². The molecule has 1 aliphatic carbocycles. The molecule has 0 radical (unpaired) electrons. The molecule has 3 aromatic rings. The first-order valence-corrected chi connectivity index (χ1v) is 10.7. The average Bonchev–Trinajstić information content (AvgIpc) is 3.40. The molecule has 3 amide bonds. The third-order valence-electron chi connectivity index (χ3n) is 5.30. The van der Waals surface area contributed by atoms with E-state index in [4.69, 9.17) is 0 Å². The van der Waals surface area contributed by atoms with E-state index in [1.165, 1.54) is 18.2 Å². The zero-order valence-corrected chi connectivity index (χ0v) is 17.9. The highest BCUT2D eigenvalue weighted by atomic mass is 32.1. The van der Waals surface area contributed by atoms with Gasteiger partial charge in [0.05, 0.1) is 16.9 Å². The second-order valence-electron chi connectivity index (χ2n) is 7.73. The van der Waals surface area contributed by atoms with Crippen molar-refractivity contribution in [3.8, 4) is 0 Å². The van der Waals surface area contributed by atoms with Gasteiger partial charge < -0.3 is 15.7 Å². The quantitative estimate of drug-likeness (QED) is 0.379. The average molecular weight is 500 g/mol. The summed E-state index contributed by atoms with van der Waals surface area (Å²) in [5.74, 6) is -2.75. The van der Waals surface area contributed by atoms with E-state index < -0.39 is 53.7 Å². The van der Waals surface area contributed by atoms with Crippen molar-refractivity contribution in [2.24, 2.45) is 5.92 Å². The zero-order valence-electron chi connectivity index (χ0n) is 17.1. The standard InChI is InChI=1S/C21H17F5N4O3S/c22-9-10-7-15(10)28-17(31)20(33,21(24,25)26)11-1-6-14-16(8-11)34-19(29-14)30-18(32)27-13-4-2-12(23)3-5-13/h1-6,8,10,15,33H,7,9H2,(H,28,31)(H2,27,29,30,32)/t10-,15+,20-/m0/s1. The fourth-order valence-electron chi connectivity index (χ4n) is 3.29. The Labute approximate surface area is 193 Å². The molecule has 13 heteroatoms. The van der Waals surface area contributed by atoms with Gasteiger partial charge in [-0.15, -0.1) is 0 Å². The lowest BCUT2D eigenvalue weighted by Crippen LogP contribution is -2.55. The van der Waals surface area contributed by atoms with Crippen LogP contribution in [0.5, 0.6) is 0 Å². The fourth-order valence-corrected chi connectivity index (χ4v) is 4.19. The van der Waals surface area contributed by atoms with E-state index in [0.717, 1.165) is 35.6 Å². The minimum Gasteiger partial charge on any atom is -0.369 e. The van der Waals surface area contributed by atoms with Crippen LogP contribution in [0.3, 0.4) is 0 Å². The Bertz CT molecular complexity index is 1230. The van der Waals surface area contributed by atoms with Crippen molar-refractivity contribution >= 4 is 44.3 Å². The van der Waals surface area contributed by atoms with Crippen LogP contribution in [0.15, 0.2) is 42.5 Å². The number of hydrogen-bond donors (Lipinski definition) is 4. The first kappa shape index (κ1) is 23.8. The summed E-state index contributed by atoms with van der Waals surface area (Å²) in [5.41, 5.74) is -4.08. The number of aliphatic hydroxyl groups is 1. The summed E-state index contributed by atoms with van der Waals surface area (Å²) >= 11 is 0.819. The monoisotopic (exact) mass is 500 g/mol. The Hall–Kier alpha value is -3.32. The third kappa shape index (κ3) is 4.66. The van der Waals surface area contributed by atoms with E-state index in [-0.39, 0.29) is 21.8 Å². The third-order valence-corrected chi connectivity index (χ3v) is 6.24. The number of fused-ring (bicyclic) bond motifs is 1. The summed E-state index contributed by atoms with van der Waals surface area (Å²) in [5, 5.41) is 17.4. The van der Waals surface area contributed by atoms with Gasteiger partial charge >= 0.3 is 12.2 Å². The number of alkyl halides is 4. The Morgan fingerprint density at radius 2 is 1.82 bits per heavy atom. The van der Waals surface area contributed by atoms with Crippen molar-refractivity contribution in [3.63, 3.8) is 0 Å². The van der Waals surface area contributed by atoms with E-state index >= 15 is 0 Å². The SMILES string of the molecule is O=C(Nc1ccc(F)cc1)Nc1nc2ccc([C@](O)(C(=O)N[C@@H]3C[C@H]3CF)C(F)(F)F)cc2s1. The Kier molecular flexibility index (Phi) is 6.16. The van der Waals surface area contributed by atoms with Crippen LogP contribution in [-0.4, -0.2) is 40.9 Å². The molecule has 4 N–H and O–H groups in total. The molecule has 1 aromatic heterocycles. The van der Waals surface area contributed by atoms with E-state index in [0.29, 0.717) is 5.69 Å². The number of benzene rings is 2. The summed E-state index contributed by atoms with van der Waals surface area (Å²) in [6.07, 6.45) is -5.16. The summed E-state index contributed by atoms with van der Waals surface area (Å²) in [4.78, 5) is 28.6. The lowest BCUT2D eigenvalue weighted by atomic mass is 9.91. The van der Waals surface area contributed by atoms with Gasteiger partial charge in [-0.05, 0) is 42.8 Å². The molecule has 0 saturated heterocycles. The predicted molar refractivity (Wildman–Crippen MR) is 115 cm³/mol. The van der Waals surface area contributed by atoms with Gasteiger partial charge in [0.1, 0.15) is 5.82 Å². The summed E-state index contributed by atoms with van der Waals surface area (Å²) in [6, 6.07) is 6.52. The second-order valence-corrected chi connectivity index (χ2v) is 8.76. The van der Waals surface area contributed by atoms with Crippen molar-refractivity contribution in [2.75, 3.05) is 17.3 Å². The highest BCUT2D eigenvalue weighted by molar-refractivity contribution is 7.22. The van der Waals surface area contributed by atoms with E-state index in [9.17, 15) is 36.6 Å². The molecule has 1 aliphatic rings. The molecule has 2 aromatic carbocycles. The van der Waals surface area contributed by atoms with Gasteiger partial charge in [0, 0.05) is 23.2 Å². The van der Waals surface area contributed by atoms with E-state index in [2.05, 4.69) is 20.9 Å². The van der Waals surface area contributed by atoms with Crippen LogP contribution in [0.4, 0.5) is 37.6 Å². The number of hydrogen-bond acceptors (Lipinski definition) is 5. The summed E-state index contributed by atoms with van der Waals surface area (Å²) in [6.45, 7) is -0.785. The molecule has 1 saturated carbocycles. The smallest absolute Gasteiger partial charge is 0.369 e. The minimum absolute atomic E-state index is 0.0375. The van der Waals surface area contributed by atoms with Crippen molar-refractivity contribution in [2.45, 2.75) is 24.2 Å². The lowest BCUT2D eigenvalue weighted by molar-refractivity contribution is -0.257. The summed E-state index contributed by atoms with van der Waals surface area (Å²) in [7, 11) is 0. The zero-order chi connectivity index (χ0) is 24.7. The molecule has 3 atom stereocenters. The fraction of sp³-hybridized carbons (Fsp3) is 0.286. The maximum absolute atomic E-state index is 13.8. The highest BCUT2D eigenvalue weighted by Gasteiger charge is 2.62. The van der Waals surface area contributed by atoms with Gasteiger partial charge in [0.2, 0.25) is 0 Å². The Morgan fingerprint density at radius 3 is 2.44 bits per heavy atom. The second kappa shape index (κ2) is 8.80. The highest BCUT2D eigenvalue weighted by Crippen LogP contribution is 2.42. The van der Waals surface area contributed by atoms with Gasteiger partial charge in [-0.2, -0.15) is 13.2 Å². The number of urea groups is 1. The number of carbonyl (C=O) groups excluding carboxylic acids is 2. The number of amides is 3. The number of carbonyl (C=O) groups is 2. The molecule has 1 fully saturated rings. The van der Waals surface area contributed by atoms with Crippen molar-refractivity contribution in [1.82, 2.24) is 10.3 Å². The number of nitrogens with zero attached hydrogens (tertiary/aromatic N) is 1. The van der Waals surface area contributed by atoms with Gasteiger partial charge in [0.25, 0.3) is 11.5 Å². The topological polar surface area (TPSA) is 103 Å². The lowest BCUT2D eigenvalue weighted by Gasteiger charge is -2.29. The van der Waals surface area contributed by atoms with Gasteiger partial charge in [-0.25, -0.2) is 14.2 Å². The van der Waals surface area contributed by atoms with Crippen LogP contribution in [0, 0.1) is 11.7 Å². The normalized spacial score (nSPS) is 19.4. The van der Waals surface area contributed by atoms with Crippen LogP contribution >= 0.6 is 11.3 Å². The number of rotatable bonds is 6. The van der Waals surface area contributed by atoms with E-state index in [1.54, 1.807) is 0 Å². The first-order chi connectivity index (χ1) is 16.0. The van der Waals surface area contributed by atoms with Gasteiger partial charge in [-0.3, -0.25) is 14.5 Å². The number of thiazole rings is 1. The molecule has 1 heterocycles. The molecule has 7 nitrogen and oxygen atoms in total. The molecule has 4 rings (SSSR count). The molecule has 0 aliphatic heterocycles. The van der Waals surface area contributed by atoms with Crippen molar-refractivity contribution in [1.29, 1.82) is 0 Å². The molecule has 0 unspecified atom stereocenters. The Morgan fingerprint density at radius 1 is 1.12 bits per heavy atom. The summed E-state index contributed by atoms with van der Waals surface area (Å²) < 4.78 is 67.2. The molecule has 34 heavy (non-hydrogen) atoms. The molecular formula is C21H17F5N4O3S. The molecule has 0 spiro atoms. The number of halogens is 5.